The Morgan fingerprint density at radius 2 is 1.75 bits per heavy atom. The molecule has 5 heteroatoms. The van der Waals surface area contributed by atoms with E-state index in [0.29, 0.717) is 6.61 Å². The molecule has 0 heterocycles. The van der Waals surface area contributed by atoms with Gasteiger partial charge in [-0.15, -0.1) is 0 Å². The van der Waals surface area contributed by atoms with E-state index in [-0.39, 0.29) is 0 Å². The Labute approximate surface area is 125 Å². The Balaban J connectivity index is 1.93. The summed E-state index contributed by atoms with van der Waals surface area (Å²) < 4.78 is 6.67. The van der Waals surface area contributed by atoms with Crippen molar-refractivity contribution in [1.29, 1.82) is 0 Å². The molecule has 0 saturated heterocycles. The Hall–Kier alpha value is -2.14. The molecule has 0 unspecified atom stereocenters. The van der Waals surface area contributed by atoms with Crippen molar-refractivity contribution < 1.29 is 9.66 Å². The summed E-state index contributed by atoms with van der Waals surface area (Å²) >= 11 is 3.38. The Morgan fingerprint density at radius 1 is 1.10 bits per heavy atom. The zero-order valence-corrected chi connectivity index (χ0v) is 12.1. The van der Waals surface area contributed by atoms with Gasteiger partial charge in [0.1, 0.15) is 12.4 Å². The zero-order valence-electron chi connectivity index (χ0n) is 10.5. The zero-order chi connectivity index (χ0) is 14.4. The topological polar surface area (TPSA) is 52.4 Å². The Kier molecular flexibility index (Phi) is 4.90. The van der Waals surface area contributed by atoms with E-state index < -0.39 is 4.92 Å². The van der Waals surface area contributed by atoms with Crippen LogP contribution >= 0.6 is 15.9 Å². The first-order valence-corrected chi connectivity index (χ1v) is 6.72. The summed E-state index contributed by atoms with van der Waals surface area (Å²) in [6, 6.07) is 15.0. The molecule has 2 aromatic rings. The van der Waals surface area contributed by atoms with Crippen molar-refractivity contribution in [3.8, 4) is 5.75 Å². The highest BCUT2D eigenvalue weighted by Gasteiger charge is 1.97. The minimum Gasteiger partial charge on any atom is -0.489 e. The Morgan fingerprint density at radius 3 is 2.35 bits per heavy atom. The molecule has 20 heavy (non-hydrogen) atoms. The number of rotatable bonds is 5. The minimum atomic E-state index is -0.488. The maximum Gasteiger partial charge on any atom is 0.235 e. The van der Waals surface area contributed by atoms with E-state index in [1.165, 1.54) is 6.08 Å². The van der Waals surface area contributed by atoms with Crippen LogP contribution in [0, 0.1) is 10.1 Å². The summed E-state index contributed by atoms with van der Waals surface area (Å²) in [4.78, 5) is 9.73. The molecule has 0 spiro atoms. The first kappa shape index (κ1) is 14.3. The molecule has 0 aromatic heterocycles. The van der Waals surface area contributed by atoms with Crippen LogP contribution in [0.2, 0.25) is 0 Å². The van der Waals surface area contributed by atoms with Gasteiger partial charge in [-0.2, -0.15) is 0 Å². The maximum absolute atomic E-state index is 10.2. The lowest BCUT2D eigenvalue weighted by atomic mass is 10.2. The second-order valence-corrected chi connectivity index (χ2v) is 5.00. The molecule has 0 fully saturated rings. The highest BCUT2D eigenvalue weighted by atomic mass is 79.9. The molecule has 2 rings (SSSR count). The molecule has 2 aromatic carbocycles. The first-order chi connectivity index (χ1) is 9.63. The van der Waals surface area contributed by atoms with E-state index in [4.69, 9.17) is 4.74 Å². The molecule has 0 N–H and O–H groups in total. The van der Waals surface area contributed by atoms with Crippen molar-refractivity contribution in [1.82, 2.24) is 0 Å². The van der Waals surface area contributed by atoms with Gasteiger partial charge in [-0.1, -0.05) is 40.2 Å². The van der Waals surface area contributed by atoms with Gasteiger partial charge in [0.15, 0.2) is 0 Å². The van der Waals surface area contributed by atoms with Gasteiger partial charge in [-0.25, -0.2) is 0 Å². The molecule has 0 saturated carbocycles. The molecule has 0 aliphatic carbocycles. The summed E-state index contributed by atoms with van der Waals surface area (Å²) in [6.07, 6.45) is 2.36. The Bertz CT molecular complexity index is 606. The van der Waals surface area contributed by atoms with Gasteiger partial charge in [0, 0.05) is 10.5 Å². The summed E-state index contributed by atoms with van der Waals surface area (Å²) in [5.41, 5.74) is 1.84. The van der Waals surface area contributed by atoms with Crippen molar-refractivity contribution in [2.24, 2.45) is 0 Å². The van der Waals surface area contributed by atoms with E-state index in [1.807, 2.05) is 24.3 Å². The number of ether oxygens (including phenoxy) is 1. The van der Waals surface area contributed by atoms with Crippen LogP contribution in [-0.4, -0.2) is 4.92 Å². The number of hydrogen-bond donors (Lipinski definition) is 0. The second kappa shape index (κ2) is 6.86. The van der Waals surface area contributed by atoms with E-state index in [9.17, 15) is 10.1 Å². The predicted octanol–water partition coefficient (Wildman–Crippen LogP) is 4.28. The van der Waals surface area contributed by atoms with Crippen LogP contribution in [0.5, 0.6) is 5.75 Å². The van der Waals surface area contributed by atoms with Crippen LogP contribution in [0.1, 0.15) is 11.1 Å². The molecule has 0 amide bonds. The molecule has 4 nitrogen and oxygen atoms in total. The smallest absolute Gasteiger partial charge is 0.235 e. The van der Waals surface area contributed by atoms with Crippen LogP contribution in [0.15, 0.2) is 59.2 Å². The fourth-order valence-corrected chi connectivity index (χ4v) is 1.83. The minimum absolute atomic E-state index is 0.483. The van der Waals surface area contributed by atoms with Crippen molar-refractivity contribution in [3.63, 3.8) is 0 Å². The van der Waals surface area contributed by atoms with Gasteiger partial charge in [0.25, 0.3) is 0 Å². The average Bonchev–Trinajstić information content (AvgIpc) is 2.45. The molecule has 102 valence electrons. The lowest BCUT2D eigenvalue weighted by Gasteiger charge is -2.06. The molecule has 0 radical (unpaired) electrons. The maximum atomic E-state index is 10.2. The monoisotopic (exact) mass is 333 g/mol. The van der Waals surface area contributed by atoms with E-state index in [0.717, 1.165) is 27.5 Å². The fraction of sp³-hybridized carbons (Fsp3) is 0.0667. The van der Waals surface area contributed by atoms with Gasteiger partial charge in [-0.3, -0.25) is 10.1 Å². The van der Waals surface area contributed by atoms with Gasteiger partial charge in [0.05, 0.1) is 4.92 Å². The third-order valence-corrected chi connectivity index (χ3v) is 3.12. The van der Waals surface area contributed by atoms with Crippen LogP contribution in [0.4, 0.5) is 0 Å². The highest BCUT2D eigenvalue weighted by Crippen LogP contribution is 2.16. The quantitative estimate of drug-likeness (QED) is 0.606. The van der Waals surface area contributed by atoms with Gasteiger partial charge >= 0.3 is 0 Å². The van der Waals surface area contributed by atoms with Gasteiger partial charge < -0.3 is 4.74 Å². The van der Waals surface area contributed by atoms with E-state index in [1.54, 1.807) is 24.3 Å². The molecule has 0 bridgehead atoms. The number of hydrogen-bond acceptors (Lipinski definition) is 3. The fourth-order valence-electron chi connectivity index (χ4n) is 1.57. The standard InChI is InChI=1S/C15H12BrNO3/c16-14-5-1-13(2-6-14)11-20-15-7-3-12(4-8-15)9-10-17(18)19/h1-10H,11H2. The van der Waals surface area contributed by atoms with Crippen molar-refractivity contribution in [2.75, 3.05) is 0 Å². The molecule has 0 aliphatic rings. The molecular formula is C15H12BrNO3. The van der Waals surface area contributed by atoms with Crippen LogP contribution in [0.3, 0.4) is 0 Å². The summed E-state index contributed by atoms with van der Waals surface area (Å²) in [7, 11) is 0. The number of nitrogens with zero attached hydrogens (tertiary/aromatic N) is 1. The molecular weight excluding hydrogens is 322 g/mol. The summed E-state index contributed by atoms with van der Waals surface area (Å²) in [6.45, 7) is 0.483. The summed E-state index contributed by atoms with van der Waals surface area (Å²) in [5.74, 6) is 0.728. The summed E-state index contributed by atoms with van der Waals surface area (Å²) in [5, 5.41) is 10.2. The number of nitro groups is 1. The van der Waals surface area contributed by atoms with Crippen LogP contribution in [0.25, 0.3) is 6.08 Å². The normalized spacial score (nSPS) is 10.7. The van der Waals surface area contributed by atoms with Crippen LogP contribution < -0.4 is 4.74 Å². The number of benzene rings is 2. The first-order valence-electron chi connectivity index (χ1n) is 5.92. The van der Waals surface area contributed by atoms with Crippen LogP contribution in [-0.2, 0) is 6.61 Å². The van der Waals surface area contributed by atoms with E-state index in [2.05, 4.69) is 15.9 Å². The molecule has 0 atom stereocenters. The lowest BCUT2D eigenvalue weighted by molar-refractivity contribution is -0.400. The SMILES string of the molecule is O=[N+]([O-])C=Cc1ccc(OCc2ccc(Br)cc2)cc1. The molecule has 0 aliphatic heterocycles. The lowest BCUT2D eigenvalue weighted by Crippen LogP contribution is -1.94. The van der Waals surface area contributed by atoms with Crippen molar-refractivity contribution >= 4 is 22.0 Å². The van der Waals surface area contributed by atoms with Gasteiger partial charge in [-0.05, 0) is 35.4 Å². The third kappa shape index (κ3) is 4.51. The number of halogens is 1. The van der Waals surface area contributed by atoms with Crippen molar-refractivity contribution in [2.45, 2.75) is 6.61 Å². The van der Waals surface area contributed by atoms with E-state index >= 15 is 0 Å². The largest absolute Gasteiger partial charge is 0.489 e. The van der Waals surface area contributed by atoms with Gasteiger partial charge in [0.2, 0.25) is 6.20 Å². The highest BCUT2D eigenvalue weighted by molar-refractivity contribution is 9.10. The third-order valence-electron chi connectivity index (χ3n) is 2.59. The average molecular weight is 334 g/mol. The van der Waals surface area contributed by atoms with Crippen molar-refractivity contribution in [3.05, 3.63) is 80.4 Å². The second-order valence-electron chi connectivity index (χ2n) is 4.09. The predicted molar refractivity (Wildman–Crippen MR) is 80.9 cm³/mol.